The summed E-state index contributed by atoms with van der Waals surface area (Å²) >= 11 is 0. The molecule has 0 aromatic heterocycles. The highest BCUT2D eigenvalue weighted by Crippen LogP contribution is 2.28. The number of guanidine groups is 1. The summed E-state index contributed by atoms with van der Waals surface area (Å²) in [6, 6.07) is 0.459. The Hall–Kier alpha value is -0.770. The SMILES string of the molecule is CN=C(NCCOCC1CC1)NC(C)CCC(C)C. The Balaban J connectivity index is 2.03. The van der Waals surface area contributed by atoms with Gasteiger partial charge in [0, 0.05) is 26.2 Å². The summed E-state index contributed by atoms with van der Waals surface area (Å²) in [5.74, 6) is 2.48. The molecule has 112 valence electrons. The summed E-state index contributed by atoms with van der Waals surface area (Å²) in [7, 11) is 1.82. The summed E-state index contributed by atoms with van der Waals surface area (Å²) in [5.41, 5.74) is 0. The molecule has 4 heteroatoms. The minimum atomic E-state index is 0.459. The van der Waals surface area contributed by atoms with E-state index in [1.807, 2.05) is 7.05 Å². The van der Waals surface area contributed by atoms with Gasteiger partial charge in [-0.25, -0.2) is 0 Å². The molecule has 0 aromatic rings. The van der Waals surface area contributed by atoms with Crippen LogP contribution in [0.25, 0.3) is 0 Å². The van der Waals surface area contributed by atoms with E-state index in [9.17, 15) is 0 Å². The summed E-state index contributed by atoms with van der Waals surface area (Å²) in [6.07, 6.45) is 5.13. The predicted molar refractivity (Wildman–Crippen MR) is 81.6 cm³/mol. The van der Waals surface area contributed by atoms with Crippen LogP contribution in [0.1, 0.15) is 46.5 Å². The zero-order valence-electron chi connectivity index (χ0n) is 13.0. The largest absolute Gasteiger partial charge is 0.379 e. The van der Waals surface area contributed by atoms with Crippen molar-refractivity contribution >= 4 is 5.96 Å². The van der Waals surface area contributed by atoms with E-state index in [1.165, 1.54) is 25.7 Å². The standard InChI is InChI=1S/C15H31N3O/c1-12(2)5-6-13(3)18-15(16-4)17-9-10-19-11-14-7-8-14/h12-14H,5-11H2,1-4H3,(H2,16,17,18). The zero-order valence-corrected chi connectivity index (χ0v) is 13.0. The molecule has 1 saturated carbocycles. The van der Waals surface area contributed by atoms with Gasteiger partial charge in [-0.2, -0.15) is 0 Å². The molecular weight excluding hydrogens is 238 g/mol. The molecule has 19 heavy (non-hydrogen) atoms. The van der Waals surface area contributed by atoms with Gasteiger partial charge in [0.1, 0.15) is 0 Å². The second kappa shape index (κ2) is 9.18. The lowest BCUT2D eigenvalue weighted by Gasteiger charge is -2.18. The quantitative estimate of drug-likeness (QED) is 0.384. The smallest absolute Gasteiger partial charge is 0.191 e. The highest BCUT2D eigenvalue weighted by molar-refractivity contribution is 5.79. The normalized spacial score (nSPS) is 17.6. The van der Waals surface area contributed by atoms with Gasteiger partial charge in [-0.05, 0) is 44.4 Å². The van der Waals surface area contributed by atoms with Crippen LogP contribution in [-0.2, 0) is 4.74 Å². The molecule has 1 rings (SSSR count). The van der Waals surface area contributed by atoms with Crippen molar-refractivity contribution in [3.63, 3.8) is 0 Å². The topological polar surface area (TPSA) is 45.7 Å². The molecule has 0 bridgehead atoms. The van der Waals surface area contributed by atoms with Crippen LogP contribution in [0, 0.1) is 11.8 Å². The number of nitrogens with zero attached hydrogens (tertiary/aromatic N) is 1. The number of rotatable bonds is 9. The van der Waals surface area contributed by atoms with Gasteiger partial charge in [0.25, 0.3) is 0 Å². The van der Waals surface area contributed by atoms with E-state index >= 15 is 0 Å². The fraction of sp³-hybridized carbons (Fsp3) is 0.933. The van der Waals surface area contributed by atoms with Crippen molar-refractivity contribution in [2.24, 2.45) is 16.8 Å². The first-order chi connectivity index (χ1) is 9.11. The van der Waals surface area contributed by atoms with E-state index in [0.717, 1.165) is 37.6 Å². The lowest BCUT2D eigenvalue weighted by Crippen LogP contribution is -2.43. The van der Waals surface area contributed by atoms with Gasteiger partial charge in [0.05, 0.1) is 6.61 Å². The van der Waals surface area contributed by atoms with Crippen molar-refractivity contribution in [1.82, 2.24) is 10.6 Å². The van der Waals surface area contributed by atoms with E-state index < -0.39 is 0 Å². The summed E-state index contributed by atoms with van der Waals surface area (Å²) in [6.45, 7) is 9.24. The lowest BCUT2D eigenvalue weighted by molar-refractivity contribution is 0.129. The fourth-order valence-corrected chi connectivity index (χ4v) is 1.86. The zero-order chi connectivity index (χ0) is 14.1. The molecule has 0 aliphatic heterocycles. The molecule has 1 unspecified atom stereocenters. The second-order valence-electron chi connectivity index (χ2n) is 6.03. The molecule has 4 nitrogen and oxygen atoms in total. The first kappa shape index (κ1) is 16.3. The van der Waals surface area contributed by atoms with E-state index in [1.54, 1.807) is 0 Å². The number of aliphatic imine (C=N–C) groups is 1. The minimum Gasteiger partial charge on any atom is -0.379 e. The molecule has 1 fully saturated rings. The average molecular weight is 269 g/mol. The third kappa shape index (κ3) is 8.87. The Labute approximate surface area is 118 Å². The monoisotopic (exact) mass is 269 g/mol. The van der Waals surface area contributed by atoms with Crippen molar-refractivity contribution < 1.29 is 4.74 Å². The van der Waals surface area contributed by atoms with E-state index in [0.29, 0.717) is 6.04 Å². The third-order valence-electron chi connectivity index (χ3n) is 3.37. The molecule has 1 aliphatic carbocycles. The Morgan fingerprint density at radius 3 is 2.58 bits per heavy atom. The number of hydrogen-bond donors (Lipinski definition) is 2. The molecule has 1 aliphatic rings. The van der Waals surface area contributed by atoms with Crippen LogP contribution in [0.2, 0.25) is 0 Å². The Morgan fingerprint density at radius 1 is 1.26 bits per heavy atom. The third-order valence-corrected chi connectivity index (χ3v) is 3.37. The fourth-order valence-electron chi connectivity index (χ4n) is 1.86. The first-order valence-electron chi connectivity index (χ1n) is 7.66. The highest BCUT2D eigenvalue weighted by atomic mass is 16.5. The second-order valence-corrected chi connectivity index (χ2v) is 6.03. The van der Waals surface area contributed by atoms with Crippen molar-refractivity contribution in [3.05, 3.63) is 0 Å². The van der Waals surface area contributed by atoms with Crippen LogP contribution in [-0.4, -0.2) is 38.8 Å². The van der Waals surface area contributed by atoms with Crippen molar-refractivity contribution in [2.75, 3.05) is 26.8 Å². The number of hydrogen-bond acceptors (Lipinski definition) is 2. The molecule has 2 N–H and O–H groups in total. The molecular formula is C15H31N3O. The van der Waals surface area contributed by atoms with Gasteiger partial charge in [-0.1, -0.05) is 13.8 Å². The molecule has 0 saturated heterocycles. The number of ether oxygens (including phenoxy) is 1. The summed E-state index contributed by atoms with van der Waals surface area (Å²) in [4.78, 5) is 4.24. The van der Waals surface area contributed by atoms with Crippen LogP contribution >= 0.6 is 0 Å². The Bertz CT molecular complexity index is 262. The predicted octanol–water partition coefficient (Wildman–Crippen LogP) is 2.40. The van der Waals surface area contributed by atoms with Gasteiger partial charge in [-0.15, -0.1) is 0 Å². The molecule has 1 atom stereocenters. The van der Waals surface area contributed by atoms with Gasteiger partial charge in [-0.3, -0.25) is 4.99 Å². The average Bonchev–Trinajstić information content (AvgIpc) is 3.18. The minimum absolute atomic E-state index is 0.459. The number of nitrogens with one attached hydrogen (secondary N) is 2. The van der Waals surface area contributed by atoms with Crippen LogP contribution in [0.3, 0.4) is 0 Å². The Kier molecular flexibility index (Phi) is 7.87. The Morgan fingerprint density at radius 2 is 2.00 bits per heavy atom. The molecule has 0 heterocycles. The maximum absolute atomic E-state index is 5.59. The first-order valence-corrected chi connectivity index (χ1v) is 7.66. The molecule has 0 amide bonds. The molecule has 0 aromatic carbocycles. The van der Waals surface area contributed by atoms with Crippen LogP contribution in [0.15, 0.2) is 4.99 Å². The van der Waals surface area contributed by atoms with Gasteiger partial charge >= 0.3 is 0 Å². The van der Waals surface area contributed by atoms with Gasteiger partial charge < -0.3 is 15.4 Å². The van der Waals surface area contributed by atoms with Crippen molar-refractivity contribution in [2.45, 2.75) is 52.5 Å². The van der Waals surface area contributed by atoms with Crippen LogP contribution in [0.5, 0.6) is 0 Å². The van der Waals surface area contributed by atoms with E-state index in [2.05, 4.69) is 36.4 Å². The molecule has 0 radical (unpaired) electrons. The van der Waals surface area contributed by atoms with Crippen LogP contribution < -0.4 is 10.6 Å². The van der Waals surface area contributed by atoms with Crippen molar-refractivity contribution in [1.29, 1.82) is 0 Å². The molecule has 0 spiro atoms. The van der Waals surface area contributed by atoms with Crippen LogP contribution in [0.4, 0.5) is 0 Å². The van der Waals surface area contributed by atoms with Gasteiger partial charge in [0.15, 0.2) is 5.96 Å². The van der Waals surface area contributed by atoms with Gasteiger partial charge in [0.2, 0.25) is 0 Å². The van der Waals surface area contributed by atoms with Crippen molar-refractivity contribution in [3.8, 4) is 0 Å². The summed E-state index contributed by atoms with van der Waals surface area (Å²) < 4.78 is 5.59. The highest BCUT2D eigenvalue weighted by Gasteiger charge is 2.20. The maximum atomic E-state index is 5.59. The maximum Gasteiger partial charge on any atom is 0.191 e. The van der Waals surface area contributed by atoms with E-state index in [4.69, 9.17) is 4.74 Å². The van der Waals surface area contributed by atoms with E-state index in [-0.39, 0.29) is 0 Å². The summed E-state index contributed by atoms with van der Waals surface area (Å²) in [5, 5.41) is 6.71. The lowest BCUT2D eigenvalue weighted by atomic mass is 10.0.